The molecule has 26 heavy (non-hydrogen) atoms. The van der Waals surface area contributed by atoms with Gasteiger partial charge in [0.05, 0.1) is 0 Å². The van der Waals surface area contributed by atoms with Crippen LogP contribution in [0.5, 0.6) is 0 Å². The zero-order chi connectivity index (χ0) is 18.9. The number of hydrogen-bond acceptors (Lipinski definition) is 3. The molecule has 0 aromatic heterocycles. The number of nitrogens with one attached hydrogen (secondary N) is 1. The molecule has 2 aliphatic rings. The first-order valence-corrected chi connectivity index (χ1v) is 10.6. The topological polar surface area (TPSA) is 55.9 Å². The minimum absolute atomic E-state index is 0.0617. The van der Waals surface area contributed by atoms with Gasteiger partial charge in [0, 0.05) is 38.6 Å². The van der Waals surface area contributed by atoms with Gasteiger partial charge in [-0.15, -0.1) is 0 Å². The predicted molar refractivity (Wildman–Crippen MR) is 105 cm³/mol. The highest BCUT2D eigenvalue weighted by atomic mass is 16.2. The molecule has 0 aromatic carbocycles. The van der Waals surface area contributed by atoms with Crippen molar-refractivity contribution in [3.63, 3.8) is 0 Å². The lowest BCUT2D eigenvalue weighted by molar-refractivity contribution is -0.126. The van der Waals surface area contributed by atoms with Crippen molar-refractivity contribution in [2.24, 2.45) is 11.8 Å². The molecule has 0 unspecified atom stereocenters. The molecule has 150 valence electrons. The number of nitrogens with zero attached hydrogens (tertiary/aromatic N) is 3. The molecule has 2 rings (SSSR count). The Kier molecular flexibility index (Phi) is 8.69. The average Bonchev–Trinajstić information content (AvgIpc) is 2.67. The van der Waals surface area contributed by atoms with Crippen molar-refractivity contribution >= 4 is 11.9 Å². The van der Waals surface area contributed by atoms with E-state index in [-0.39, 0.29) is 17.9 Å². The SMILES string of the molecule is CCN(CC)C(=O)N1CCC(C(=O)NCCCN2CCC(C)CC2)CC1. The summed E-state index contributed by atoms with van der Waals surface area (Å²) in [7, 11) is 0. The van der Waals surface area contributed by atoms with Gasteiger partial charge in [0.1, 0.15) is 0 Å². The molecule has 1 N–H and O–H groups in total. The highest BCUT2D eigenvalue weighted by molar-refractivity contribution is 5.79. The monoisotopic (exact) mass is 366 g/mol. The highest BCUT2D eigenvalue weighted by Gasteiger charge is 2.28. The standard InChI is InChI=1S/C20H38N4O2/c1-4-23(5-2)20(26)24-15-9-18(10-16-24)19(25)21-11-6-12-22-13-7-17(3)8-14-22/h17-18H,4-16H2,1-3H3,(H,21,25). The van der Waals surface area contributed by atoms with Crippen molar-refractivity contribution in [3.8, 4) is 0 Å². The van der Waals surface area contributed by atoms with Gasteiger partial charge in [-0.05, 0) is 71.5 Å². The Morgan fingerprint density at radius 2 is 1.62 bits per heavy atom. The molecule has 2 saturated heterocycles. The third-order valence-corrected chi connectivity index (χ3v) is 6.00. The Morgan fingerprint density at radius 1 is 1.00 bits per heavy atom. The molecular formula is C20H38N4O2. The van der Waals surface area contributed by atoms with E-state index in [4.69, 9.17) is 0 Å². The molecule has 6 heteroatoms. The summed E-state index contributed by atoms with van der Waals surface area (Å²) in [4.78, 5) is 31.0. The maximum absolute atomic E-state index is 12.4. The van der Waals surface area contributed by atoms with Crippen LogP contribution in [-0.4, -0.2) is 79.0 Å². The van der Waals surface area contributed by atoms with Gasteiger partial charge in [-0.3, -0.25) is 4.79 Å². The second kappa shape index (κ2) is 10.8. The number of piperidine rings is 2. The lowest BCUT2D eigenvalue weighted by atomic mass is 9.96. The second-order valence-corrected chi connectivity index (χ2v) is 7.88. The summed E-state index contributed by atoms with van der Waals surface area (Å²) >= 11 is 0. The molecule has 6 nitrogen and oxygen atoms in total. The third-order valence-electron chi connectivity index (χ3n) is 6.00. The van der Waals surface area contributed by atoms with Gasteiger partial charge in [0.25, 0.3) is 0 Å². The molecule has 0 radical (unpaired) electrons. The average molecular weight is 367 g/mol. The van der Waals surface area contributed by atoms with Crippen molar-refractivity contribution < 1.29 is 9.59 Å². The van der Waals surface area contributed by atoms with E-state index in [0.717, 1.165) is 51.4 Å². The van der Waals surface area contributed by atoms with Gasteiger partial charge in [-0.2, -0.15) is 0 Å². The normalized spacial score (nSPS) is 20.2. The van der Waals surface area contributed by atoms with E-state index in [1.165, 1.54) is 25.9 Å². The zero-order valence-electron chi connectivity index (χ0n) is 17.0. The molecule has 2 fully saturated rings. The first-order chi connectivity index (χ1) is 12.5. The Labute approximate surface area is 159 Å². The largest absolute Gasteiger partial charge is 0.356 e. The van der Waals surface area contributed by atoms with Gasteiger partial charge in [0.2, 0.25) is 5.91 Å². The van der Waals surface area contributed by atoms with E-state index in [1.807, 2.05) is 23.6 Å². The quantitative estimate of drug-likeness (QED) is 0.704. The first kappa shape index (κ1) is 21.0. The van der Waals surface area contributed by atoms with Crippen molar-refractivity contribution in [1.82, 2.24) is 20.0 Å². The summed E-state index contributed by atoms with van der Waals surface area (Å²) < 4.78 is 0. The number of urea groups is 1. The van der Waals surface area contributed by atoms with Crippen LogP contribution in [0.2, 0.25) is 0 Å². The van der Waals surface area contributed by atoms with Crippen LogP contribution in [-0.2, 0) is 4.79 Å². The molecule has 0 atom stereocenters. The number of carbonyl (C=O) groups excluding carboxylic acids is 2. The molecule has 0 spiro atoms. The fourth-order valence-corrected chi connectivity index (χ4v) is 3.97. The molecule has 0 saturated carbocycles. The first-order valence-electron chi connectivity index (χ1n) is 10.6. The number of hydrogen-bond donors (Lipinski definition) is 1. The summed E-state index contributed by atoms with van der Waals surface area (Å²) in [6.07, 6.45) is 5.19. The van der Waals surface area contributed by atoms with E-state index in [0.29, 0.717) is 13.1 Å². The minimum atomic E-state index is 0.0617. The smallest absolute Gasteiger partial charge is 0.319 e. The Balaban J connectivity index is 1.60. The van der Waals surface area contributed by atoms with Crippen LogP contribution in [0.4, 0.5) is 4.79 Å². The fourth-order valence-electron chi connectivity index (χ4n) is 3.97. The van der Waals surface area contributed by atoms with E-state index in [1.54, 1.807) is 0 Å². The summed E-state index contributed by atoms with van der Waals surface area (Å²) in [6.45, 7) is 13.5. The van der Waals surface area contributed by atoms with Crippen molar-refractivity contribution in [3.05, 3.63) is 0 Å². The van der Waals surface area contributed by atoms with Crippen molar-refractivity contribution in [2.45, 2.75) is 52.9 Å². The Bertz CT molecular complexity index is 437. The number of amides is 3. The minimum Gasteiger partial charge on any atom is -0.356 e. The molecule has 3 amide bonds. The summed E-state index contributed by atoms with van der Waals surface area (Å²) in [6, 6.07) is 0.115. The van der Waals surface area contributed by atoms with E-state index in [9.17, 15) is 9.59 Å². The van der Waals surface area contributed by atoms with Gasteiger partial charge in [-0.1, -0.05) is 6.92 Å². The maximum atomic E-state index is 12.4. The van der Waals surface area contributed by atoms with Crippen LogP contribution < -0.4 is 5.32 Å². The van der Waals surface area contributed by atoms with Gasteiger partial charge in [-0.25, -0.2) is 4.79 Å². The molecule has 2 aliphatic heterocycles. The summed E-state index contributed by atoms with van der Waals surface area (Å²) in [5.74, 6) is 1.10. The Morgan fingerprint density at radius 3 is 2.19 bits per heavy atom. The molecule has 2 heterocycles. The number of carbonyl (C=O) groups is 2. The lowest BCUT2D eigenvalue weighted by Crippen LogP contribution is -2.48. The van der Waals surface area contributed by atoms with E-state index in [2.05, 4.69) is 17.1 Å². The van der Waals surface area contributed by atoms with Crippen LogP contribution >= 0.6 is 0 Å². The van der Waals surface area contributed by atoms with Crippen LogP contribution in [0.15, 0.2) is 0 Å². The van der Waals surface area contributed by atoms with Crippen LogP contribution in [0.25, 0.3) is 0 Å². The molecule has 0 bridgehead atoms. The molecule has 0 aliphatic carbocycles. The van der Waals surface area contributed by atoms with Gasteiger partial charge >= 0.3 is 6.03 Å². The van der Waals surface area contributed by atoms with Crippen LogP contribution in [0.1, 0.15) is 52.9 Å². The van der Waals surface area contributed by atoms with Crippen molar-refractivity contribution in [1.29, 1.82) is 0 Å². The van der Waals surface area contributed by atoms with Crippen LogP contribution in [0, 0.1) is 11.8 Å². The third kappa shape index (κ3) is 6.15. The van der Waals surface area contributed by atoms with Gasteiger partial charge < -0.3 is 20.0 Å². The highest BCUT2D eigenvalue weighted by Crippen LogP contribution is 2.19. The van der Waals surface area contributed by atoms with E-state index < -0.39 is 0 Å². The van der Waals surface area contributed by atoms with E-state index >= 15 is 0 Å². The zero-order valence-corrected chi connectivity index (χ0v) is 17.0. The number of likely N-dealkylation sites (tertiary alicyclic amines) is 2. The second-order valence-electron chi connectivity index (χ2n) is 7.88. The Hall–Kier alpha value is -1.30. The molecule has 0 aromatic rings. The van der Waals surface area contributed by atoms with Crippen molar-refractivity contribution in [2.75, 3.05) is 52.4 Å². The number of rotatable bonds is 7. The predicted octanol–water partition coefficient (Wildman–Crippen LogP) is 2.40. The summed E-state index contributed by atoms with van der Waals surface area (Å²) in [5.41, 5.74) is 0. The lowest BCUT2D eigenvalue weighted by Gasteiger charge is -2.34. The molecular weight excluding hydrogens is 328 g/mol. The fraction of sp³-hybridized carbons (Fsp3) is 0.900. The van der Waals surface area contributed by atoms with Crippen LogP contribution in [0.3, 0.4) is 0 Å². The van der Waals surface area contributed by atoms with Gasteiger partial charge in [0.15, 0.2) is 0 Å². The summed E-state index contributed by atoms with van der Waals surface area (Å²) in [5, 5.41) is 3.11. The maximum Gasteiger partial charge on any atom is 0.319 e.